The maximum absolute atomic E-state index is 13.9. The van der Waals surface area contributed by atoms with E-state index in [1.165, 1.54) is 12.0 Å². The van der Waals surface area contributed by atoms with Crippen molar-refractivity contribution in [3.05, 3.63) is 35.4 Å². The van der Waals surface area contributed by atoms with E-state index in [0.717, 1.165) is 37.7 Å². The number of ether oxygens (including phenoxy) is 2. The number of aryl methyl sites for hydroxylation is 1. The summed E-state index contributed by atoms with van der Waals surface area (Å²) >= 11 is 4.31. The summed E-state index contributed by atoms with van der Waals surface area (Å²) in [6.45, 7) is 9.22. The van der Waals surface area contributed by atoms with Gasteiger partial charge in [0.15, 0.2) is 0 Å². The largest absolute Gasteiger partial charge is 0.468 e. The molecule has 2 N–H and O–H groups in total. The van der Waals surface area contributed by atoms with Crippen molar-refractivity contribution in [3.63, 3.8) is 0 Å². The van der Waals surface area contributed by atoms with E-state index in [2.05, 4.69) is 34.9 Å². The Bertz CT molecular complexity index is 901. The third-order valence-electron chi connectivity index (χ3n) is 5.80. The summed E-state index contributed by atoms with van der Waals surface area (Å²) in [5.74, 6) is -1.57. The molecule has 0 aromatic heterocycles. The van der Waals surface area contributed by atoms with Crippen molar-refractivity contribution < 1.29 is 28.7 Å². The molecule has 0 heterocycles. The molecule has 38 heavy (non-hydrogen) atoms. The Balaban J connectivity index is 3.32. The first-order valence-electron chi connectivity index (χ1n) is 13.2. The van der Waals surface area contributed by atoms with Crippen LogP contribution < -0.4 is 10.6 Å². The van der Waals surface area contributed by atoms with E-state index in [9.17, 15) is 19.2 Å². The van der Waals surface area contributed by atoms with E-state index >= 15 is 0 Å². The van der Waals surface area contributed by atoms with E-state index in [1.807, 2.05) is 19.1 Å². The van der Waals surface area contributed by atoms with Crippen molar-refractivity contribution in [2.45, 2.75) is 90.8 Å². The summed E-state index contributed by atoms with van der Waals surface area (Å²) in [5, 5.41) is 5.19. The number of hydrogen-bond acceptors (Lipinski definition) is 7. The molecular weight excluding hydrogens is 506 g/mol. The average molecular weight is 552 g/mol. The number of amides is 3. The van der Waals surface area contributed by atoms with E-state index in [1.54, 1.807) is 32.9 Å². The Morgan fingerprint density at radius 1 is 1.00 bits per heavy atom. The Labute approximate surface area is 232 Å². The van der Waals surface area contributed by atoms with Crippen molar-refractivity contribution >= 4 is 36.5 Å². The number of esters is 1. The summed E-state index contributed by atoms with van der Waals surface area (Å²) in [6, 6.07) is 5.25. The predicted molar refractivity (Wildman–Crippen MR) is 151 cm³/mol. The van der Waals surface area contributed by atoms with Gasteiger partial charge >= 0.3 is 12.1 Å². The minimum atomic E-state index is -1.02. The monoisotopic (exact) mass is 551 g/mol. The zero-order valence-electron chi connectivity index (χ0n) is 23.7. The van der Waals surface area contributed by atoms with Gasteiger partial charge in [-0.05, 0) is 39.7 Å². The van der Waals surface area contributed by atoms with Crippen molar-refractivity contribution in [2.75, 3.05) is 26.0 Å². The van der Waals surface area contributed by atoms with Crippen LogP contribution in [0.4, 0.5) is 4.79 Å². The van der Waals surface area contributed by atoms with Crippen molar-refractivity contribution in [1.29, 1.82) is 0 Å². The standard InChI is InChI=1S/C28H45N3O6S/c1-7-8-9-10-11-12-17-31(26(34)22(19-38)30-27(35)37-28(3,4)5)24(21-15-13-20(2)14-16-21)25(33)29-18-23(32)36-6/h13-16,22,24,38H,7-12,17-19H2,1-6H3,(H,29,33)(H,30,35). The third-order valence-corrected chi connectivity index (χ3v) is 6.16. The molecule has 0 aliphatic heterocycles. The Morgan fingerprint density at radius 3 is 2.16 bits per heavy atom. The minimum Gasteiger partial charge on any atom is -0.468 e. The van der Waals surface area contributed by atoms with Gasteiger partial charge in [0.1, 0.15) is 24.2 Å². The number of benzene rings is 1. The SMILES string of the molecule is CCCCCCCCN(C(=O)C(CS)NC(=O)OC(C)(C)C)C(C(=O)NCC(=O)OC)c1ccc(C)cc1. The Hall–Kier alpha value is -2.75. The van der Waals surface area contributed by atoms with Crippen LogP contribution >= 0.6 is 12.6 Å². The number of unbranched alkanes of at least 4 members (excludes halogenated alkanes) is 5. The number of carbonyl (C=O) groups excluding carboxylic acids is 4. The second-order valence-electron chi connectivity index (χ2n) is 10.3. The molecule has 0 aliphatic rings. The van der Waals surface area contributed by atoms with Crippen LogP contribution in [0, 0.1) is 6.92 Å². The highest BCUT2D eigenvalue weighted by Crippen LogP contribution is 2.24. The lowest BCUT2D eigenvalue weighted by molar-refractivity contribution is -0.144. The summed E-state index contributed by atoms with van der Waals surface area (Å²) in [7, 11) is 1.24. The van der Waals surface area contributed by atoms with Crippen LogP contribution in [0.1, 0.15) is 83.4 Å². The van der Waals surface area contributed by atoms with Crippen LogP contribution in [0.25, 0.3) is 0 Å². The quantitative estimate of drug-likeness (QED) is 0.170. The molecule has 0 bridgehead atoms. The predicted octanol–water partition coefficient (Wildman–Crippen LogP) is 4.34. The first kappa shape index (κ1) is 33.3. The molecule has 1 aromatic carbocycles. The number of hydrogen-bond donors (Lipinski definition) is 3. The summed E-state index contributed by atoms with van der Waals surface area (Å²) in [6.07, 6.45) is 5.21. The van der Waals surface area contributed by atoms with Gasteiger partial charge in [0.05, 0.1) is 7.11 Å². The van der Waals surface area contributed by atoms with Crippen LogP contribution in [-0.4, -0.2) is 66.4 Å². The minimum absolute atomic E-state index is 0.00940. The summed E-state index contributed by atoms with van der Waals surface area (Å²) in [4.78, 5) is 53.0. The lowest BCUT2D eigenvalue weighted by atomic mass is 10.0. The Morgan fingerprint density at radius 2 is 1.61 bits per heavy atom. The molecule has 0 radical (unpaired) electrons. The lowest BCUT2D eigenvalue weighted by Crippen LogP contribution is -2.54. The molecule has 1 aromatic rings. The lowest BCUT2D eigenvalue weighted by Gasteiger charge is -2.34. The molecule has 1 rings (SSSR count). The van der Waals surface area contributed by atoms with E-state index in [0.29, 0.717) is 12.0 Å². The van der Waals surface area contributed by atoms with Gasteiger partial charge in [-0.3, -0.25) is 14.4 Å². The van der Waals surface area contributed by atoms with E-state index in [-0.39, 0.29) is 18.8 Å². The summed E-state index contributed by atoms with van der Waals surface area (Å²) in [5.41, 5.74) is 0.841. The van der Waals surface area contributed by atoms with E-state index in [4.69, 9.17) is 4.74 Å². The number of methoxy groups -OCH3 is 1. The fraction of sp³-hybridized carbons (Fsp3) is 0.643. The van der Waals surface area contributed by atoms with Crippen LogP contribution in [0.15, 0.2) is 24.3 Å². The first-order chi connectivity index (χ1) is 17.9. The van der Waals surface area contributed by atoms with Gasteiger partial charge < -0.3 is 25.0 Å². The van der Waals surface area contributed by atoms with Gasteiger partial charge in [0.2, 0.25) is 11.8 Å². The van der Waals surface area contributed by atoms with E-state index < -0.39 is 41.6 Å². The van der Waals surface area contributed by atoms with Gasteiger partial charge in [-0.25, -0.2) is 4.79 Å². The first-order valence-corrected chi connectivity index (χ1v) is 13.9. The topological polar surface area (TPSA) is 114 Å². The second kappa shape index (κ2) is 17.0. The molecule has 0 aliphatic carbocycles. The molecular formula is C28H45N3O6S. The molecule has 2 unspecified atom stereocenters. The van der Waals surface area contributed by atoms with Gasteiger partial charge in [-0.15, -0.1) is 0 Å². The van der Waals surface area contributed by atoms with Gasteiger partial charge in [0.25, 0.3) is 0 Å². The zero-order chi connectivity index (χ0) is 28.7. The number of thiol groups is 1. The number of rotatable bonds is 15. The molecule has 0 saturated heterocycles. The second-order valence-corrected chi connectivity index (χ2v) is 10.7. The maximum Gasteiger partial charge on any atom is 0.408 e. The number of alkyl carbamates (subject to hydrolysis) is 1. The number of nitrogens with zero attached hydrogens (tertiary/aromatic N) is 1. The van der Waals surface area contributed by atoms with Crippen molar-refractivity contribution in [1.82, 2.24) is 15.5 Å². The normalized spacial score (nSPS) is 12.7. The molecule has 214 valence electrons. The van der Waals surface area contributed by atoms with Crippen LogP contribution in [-0.2, 0) is 23.9 Å². The highest BCUT2D eigenvalue weighted by atomic mass is 32.1. The molecule has 0 fully saturated rings. The highest BCUT2D eigenvalue weighted by molar-refractivity contribution is 7.80. The summed E-state index contributed by atoms with van der Waals surface area (Å²) < 4.78 is 9.99. The highest BCUT2D eigenvalue weighted by Gasteiger charge is 2.35. The molecule has 0 saturated carbocycles. The molecule has 10 heteroatoms. The molecule has 9 nitrogen and oxygen atoms in total. The molecule has 2 atom stereocenters. The smallest absolute Gasteiger partial charge is 0.408 e. The third kappa shape index (κ3) is 12.2. The number of nitrogens with one attached hydrogen (secondary N) is 2. The van der Waals surface area contributed by atoms with Crippen LogP contribution in [0.3, 0.4) is 0 Å². The maximum atomic E-state index is 13.9. The molecule has 3 amide bonds. The zero-order valence-corrected chi connectivity index (χ0v) is 24.6. The van der Waals surface area contributed by atoms with Crippen LogP contribution in [0.5, 0.6) is 0 Å². The fourth-order valence-electron chi connectivity index (χ4n) is 3.81. The van der Waals surface area contributed by atoms with Crippen molar-refractivity contribution in [3.8, 4) is 0 Å². The van der Waals surface area contributed by atoms with Crippen LogP contribution in [0.2, 0.25) is 0 Å². The average Bonchev–Trinajstić information content (AvgIpc) is 2.86. The van der Waals surface area contributed by atoms with Crippen molar-refractivity contribution in [2.24, 2.45) is 0 Å². The Kier molecular flexibility index (Phi) is 14.9. The van der Waals surface area contributed by atoms with Gasteiger partial charge in [0, 0.05) is 12.3 Å². The van der Waals surface area contributed by atoms with Gasteiger partial charge in [-0.1, -0.05) is 68.9 Å². The molecule has 0 spiro atoms. The van der Waals surface area contributed by atoms with Gasteiger partial charge in [-0.2, -0.15) is 12.6 Å². The fourth-order valence-corrected chi connectivity index (χ4v) is 4.06. The number of carbonyl (C=O) groups is 4.